The number of hydrogen-bond donors (Lipinski definition) is 1. The van der Waals surface area contributed by atoms with Crippen LogP contribution in [0.25, 0.3) is 11.0 Å². The minimum Gasteiger partial charge on any atom is -0.503 e. The zero-order valence-electron chi connectivity index (χ0n) is 22.4. The molecule has 7 heteroatoms. The largest absolute Gasteiger partial charge is 0.503 e. The van der Waals surface area contributed by atoms with Crippen molar-refractivity contribution in [2.45, 2.75) is 33.4 Å². The minimum atomic E-state index is -0.795. The van der Waals surface area contributed by atoms with Gasteiger partial charge in [0, 0.05) is 11.9 Å². The molecule has 1 N–H and O–H groups in total. The number of Topliss-reactive ketones (excluding diaryl/α,β-unsaturated/α-hetero) is 1. The lowest BCUT2D eigenvalue weighted by Crippen LogP contribution is -2.30. The predicted octanol–water partition coefficient (Wildman–Crippen LogP) is 6.56. The Kier molecular flexibility index (Phi) is 7.15. The molecule has 2 heterocycles. The number of aryl methyl sites for hydroxylation is 1. The van der Waals surface area contributed by atoms with E-state index in [1.807, 2.05) is 61.5 Å². The molecule has 0 fully saturated rings. The Hall–Kier alpha value is -4.52. The van der Waals surface area contributed by atoms with E-state index in [0.717, 1.165) is 22.4 Å². The molecular weight excluding hydrogens is 494 g/mol. The first-order valence-corrected chi connectivity index (χ1v) is 12.9. The molecule has 0 saturated heterocycles. The van der Waals surface area contributed by atoms with Gasteiger partial charge in [0.15, 0.2) is 22.9 Å². The smallest absolute Gasteiger partial charge is 0.290 e. The molecule has 5 rings (SSSR count). The second kappa shape index (κ2) is 10.7. The third-order valence-electron chi connectivity index (χ3n) is 6.72. The summed E-state index contributed by atoms with van der Waals surface area (Å²) < 4.78 is 17.0. The number of carbonyl (C=O) groups excluding carboxylic acids is 2. The number of aliphatic hydroxyl groups is 1. The number of methoxy groups -OCH3 is 1. The van der Waals surface area contributed by atoms with E-state index in [1.165, 1.54) is 12.0 Å². The number of furan rings is 1. The summed E-state index contributed by atoms with van der Waals surface area (Å²) in [6, 6.07) is 21.3. The minimum absolute atomic E-state index is 0.0134. The van der Waals surface area contributed by atoms with E-state index < -0.39 is 23.5 Å². The van der Waals surface area contributed by atoms with Gasteiger partial charge >= 0.3 is 0 Å². The number of benzene rings is 3. The molecule has 0 bridgehead atoms. The number of amides is 1. The van der Waals surface area contributed by atoms with Gasteiger partial charge in [-0.15, -0.1) is 0 Å². The average Bonchev–Trinajstić information content (AvgIpc) is 3.47. The maximum absolute atomic E-state index is 13.9. The first-order valence-electron chi connectivity index (χ1n) is 12.9. The molecule has 39 heavy (non-hydrogen) atoms. The highest BCUT2D eigenvalue weighted by Gasteiger charge is 2.44. The topological polar surface area (TPSA) is 89.2 Å². The van der Waals surface area contributed by atoms with Gasteiger partial charge in [-0.3, -0.25) is 9.59 Å². The van der Waals surface area contributed by atoms with Crippen molar-refractivity contribution in [1.29, 1.82) is 0 Å². The Morgan fingerprint density at radius 3 is 2.49 bits per heavy atom. The van der Waals surface area contributed by atoms with Crippen molar-refractivity contribution in [3.8, 4) is 11.5 Å². The van der Waals surface area contributed by atoms with Crippen LogP contribution in [0.1, 0.15) is 47.1 Å². The number of fused-ring (bicyclic) bond motifs is 1. The number of para-hydroxylation sites is 1. The molecule has 0 radical (unpaired) electrons. The van der Waals surface area contributed by atoms with E-state index in [9.17, 15) is 14.7 Å². The van der Waals surface area contributed by atoms with Crippen LogP contribution in [0.15, 0.2) is 88.5 Å². The maximum atomic E-state index is 13.9. The summed E-state index contributed by atoms with van der Waals surface area (Å²) in [5.41, 5.74) is 2.95. The van der Waals surface area contributed by atoms with Crippen LogP contribution >= 0.6 is 0 Å². The van der Waals surface area contributed by atoms with Gasteiger partial charge in [-0.2, -0.15) is 0 Å². The van der Waals surface area contributed by atoms with Crippen LogP contribution in [0, 0.1) is 12.8 Å². The fourth-order valence-electron chi connectivity index (χ4n) is 4.83. The van der Waals surface area contributed by atoms with Gasteiger partial charge in [0.1, 0.15) is 5.75 Å². The van der Waals surface area contributed by atoms with Gasteiger partial charge in [0.25, 0.3) is 5.91 Å². The number of aliphatic hydroxyl groups excluding tert-OH is 1. The summed E-state index contributed by atoms with van der Waals surface area (Å²) in [5, 5.41) is 11.7. The van der Waals surface area contributed by atoms with Gasteiger partial charge in [-0.1, -0.05) is 67.9 Å². The molecule has 0 saturated carbocycles. The second-order valence-electron chi connectivity index (χ2n) is 10.2. The number of hydrogen-bond acceptors (Lipinski definition) is 6. The normalized spacial score (nSPS) is 15.5. The van der Waals surface area contributed by atoms with Gasteiger partial charge in [0.2, 0.25) is 5.78 Å². The molecular formula is C32H31NO6. The monoisotopic (exact) mass is 525 g/mol. The Bertz CT molecular complexity index is 1560. The first kappa shape index (κ1) is 26.1. The van der Waals surface area contributed by atoms with E-state index in [4.69, 9.17) is 13.9 Å². The van der Waals surface area contributed by atoms with Crippen molar-refractivity contribution in [1.82, 2.24) is 4.90 Å². The molecule has 1 amide bonds. The van der Waals surface area contributed by atoms with Crippen LogP contribution in [0.4, 0.5) is 0 Å². The Morgan fingerprint density at radius 1 is 1.05 bits per heavy atom. The van der Waals surface area contributed by atoms with E-state index in [0.29, 0.717) is 29.2 Å². The van der Waals surface area contributed by atoms with Gasteiger partial charge < -0.3 is 23.9 Å². The molecule has 7 nitrogen and oxygen atoms in total. The number of rotatable bonds is 9. The van der Waals surface area contributed by atoms with Crippen molar-refractivity contribution < 1.29 is 28.6 Å². The molecule has 1 aliphatic heterocycles. The second-order valence-corrected chi connectivity index (χ2v) is 10.2. The highest BCUT2D eigenvalue weighted by molar-refractivity contribution is 6.16. The summed E-state index contributed by atoms with van der Waals surface area (Å²) in [6.07, 6.45) is 0. The highest BCUT2D eigenvalue weighted by Crippen LogP contribution is 2.41. The standard InChI is InChI=1S/C32H31NO6/c1-19(2)18-38-24-13-11-21(12-14-24)17-33-28(22-8-5-7-20(3)15-22)27(30(35)32(33)36)29(34)26-16-23-9-6-10-25(37-4)31(23)39-26/h5-16,19,28,35H,17-18H2,1-4H3. The van der Waals surface area contributed by atoms with Crippen LogP contribution in [0.5, 0.6) is 11.5 Å². The summed E-state index contributed by atoms with van der Waals surface area (Å²) in [6.45, 7) is 6.90. The van der Waals surface area contributed by atoms with Crippen molar-refractivity contribution in [2.24, 2.45) is 5.92 Å². The number of ketones is 1. The predicted molar refractivity (Wildman–Crippen MR) is 148 cm³/mol. The Balaban J connectivity index is 1.51. The zero-order chi connectivity index (χ0) is 27.7. The lowest BCUT2D eigenvalue weighted by molar-refractivity contribution is -0.130. The third-order valence-corrected chi connectivity index (χ3v) is 6.72. The summed E-state index contributed by atoms with van der Waals surface area (Å²) in [4.78, 5) is 28.8. The SMILES string of the molecule is COc1cccc2cc(C(=O)C3=C(O)C(=O)N(Cc4ccc(OCC(C)C)cc4)C3c3cccc(C)c3)oc12. The highest BCUT2D eigenvalue weighted by atomic mass is 16.5. The van der Waals surface area contributed by atoms with E-state index in [1.54, 1.807) is 18.2 Å². The van der Waals surface area contributed by atoms with Crippen LogP contribution in [-0.4, -0.2) is 35.4 Å². The van der Waals surface area contributed by atoms with Crippen LogP contribution in [-0.2, 0) is 11.3 Å². The first-order chi connectivity index (χ1) is 18.8. The molecule has 0 spiro atoms. The van der Waals surface area contributed by atoms with Gasteiger partial charge in [-0.05, 0) is 48.2 Å². The maximum Gasteiger partial charge on any atom is 0.290 e. The van der Waals surface area contributed by atoms with E-state index in [2.05, 4.69) is 13.8 Å². The molecule has 1 unspecified atom stereocenters. The molecule has 200 valence electrons. The van der Waals surface area contributed by atoms with Gasteiger partial charge in [-0.25, -0.2) is 0 Å². The van der Waals surface area contributed by atoms with Crippen LogP contribution in [0.2, 0.25) is 0 Å². The molecule has 1 aromatic heterocycles. The Morgan fingerprint density at radius 2 is 1.79 bits per heavy atom. The fourth-order valence-corrected chi connectivity index (χ4v) is 4.83. The molecule has 0 aliphatic carbocycles. The lowest BCUT2D eigenvalue weighted by Gasteiger charge is -2.27. The summed E-state index contributed by atoms with van der Waals surface area (Å²) in [5.74, 6) is -0.0765. The molecule has 1 atom stereocenters. The number of nitrogens with zero attached hydrogens (tertiary/aromatic N) is 1. The fraction of sp³-hybridized carbons (Fsp3) is 0.250. The molecule has 4 aromatic rings. The van der Waals surface area contributed by atoms with Crippen LogP contribution < -0.4 is 9.47 Å². The van der Waals surface area contributed by atoms with Crippen molar-refractivity contribution in [3.63, 3.8) is 0 Å². The quantitative estimate of drug-likeness (QED) is 0.249. The van der Waals surface area contributed by atoms with Crippen molar-refractivity contribution >= 4 is 22.7 Å². The van der Waals surface area contributed by atoms with Gasteiger partial charge in [0.05, 0.1) is 25.3 Å². The third kappa shape index (κ3) is 5.12. The lowest BCUT2D eigenvalue weighted by atomic mass is 9.94. The van der Waals surface area contributed by atoms with Crippen LogP contribution in [0.3, 0.4) is 0 Å². The van der Waals surface area contributed by atoms with E-state index >= 15 is 0 Å². The molecule has 1 aliphatic rings. The number of carbonyl (C=O) groups is 2. The zero-order valence-corrected chi connectivity index (χ0v) is 22.4. The van der Waals surface area contributed by atoms with Crippen molar-refractivity contribution in [2.75, 3.05) is 13.7 Å². The van der Waals surface area contributed by atoms with E-state index in [-0.39, 0.29) is 17.9 Å². The average molecular weight is 526 g/mol. The summed E-state index contributed by atoms with van der Waals surface area (Å²) in [7, 11) is 1.53. The number of ether oxygens (including phenoxy) is 2. The Labute approximate surface area is 227 Å². The van der Waals surface area contributed by atoms with Crippen molar-refractivity contribution in [3.05, 3.63) is 107 Å². The molecule has 3 aromatic carbocycles. The summed E-state index contributed by atoms with van der Waals surface area (Å²) >= 11 is 0.